The number of rotatable bonds is 0. The van der Waals surface area contributed by atoms with Crippen LogP contribution in [0, 0.1) is 29.1 Å². The van der Waals surface area contributed by atoms with Crippen molar-refractivity contribution in [3.8, 4) is 0 Å². The Morgan fingerprint density at radius 3 is 2.29 bits per heavy atom. The molecule has 2 saturated carbocycles. The number of carbonyl (C=O) groups excluding carboxylic acids is 2. The Morgan fingerprint density at radius 1 is 1.00 bits per heavy atom. The lowest BCUT2D eigenvalue weighted by Crippen LogP contribution is -2.20. The molecule has 0 aromatic carbocycles. The van der Waals surface area contributed by atoms with Crippen molar-refractivity contribution in [2.24, 2.45) is 29.1 Å². The van der Waals surface area contributed by atoms with Crippen molar-refractivity contribution in [2.75, 3.05) is 0 Å². The van der Waals surface area contributed by atoms with Crippen LogP contribution in [0.1, 0.15) is 53.4 Å². The van der Waals surface area contributed by atoms with Crippen molar-refractivity contribution in [1.82, 2.24) is 0 Å². The molecule has 2 aliphatic rings. The molecule has 2 rings (SSSR count). The lowest BCUT2D eigenvalue weighted by atomic mass is 9.88. The molecular weight excluding hydrogens is 212 g/mol. The highest BCUT2D eigenvalue weighted by atomic mass is 16.1. The van der Waals surface area contributed by atoms with Gasteiger partial charge >= 0.3 is 0 Å². The van der Waals surface area contributed by atoms with Crippen LogP contribution < -0.4 is 0 Å². The summed E-state index contributed by atoms with van der Waals surface area (Å²) in [6, 6.07) is 0. The van der Waals surface area contributed by atoms with E-state index >= 15 is 0 Å². The predicted octanol–water partition coefficient (Wildman–Crippen LogP) is 3.24. The topological polar surface area (TPSA) is 34.1 Å². The van der Waals surface area contributed by atoms with Gasteiger partial charge in [-0.2, -0.15) is 0 Å². The maximum atomic E-state index is 12.3. The highest BCUT2D eigenvalue weighted by Gasteiger charge is 2.61. The van der Waals surface area contributed by atoms with Gasteiger partial charge in [-0.1, -0.05) is 27.7 Å². The highest BCUT2D eigenvalue weighted by Crippen LogP contribution is 2.62. The standard InChI is InChI=1S/C15H24O2/c1-9-5-7-11-13(15(11,3)4)14(17)10(2)6-8-12(9)16/h9-11,13H,5-8H2,1-4H3/t9-,10-,11+,13-/m1/s1. The van der Waals surface area contributed by atoms with Gasteiger partial charge in [0.25, 0.3) is 0 Å². The van der Waals surface area contributed by atoms with Crippen molar-refractivity contribution in [2.45, 2.75) is 53.4 Å². The van der Waals surface area contributed by atoms with Crippen LogP contribution in [-0.2, 0) is 9.59 Å². The second kappa shape index (κ2) is 4.22. The lowest BCUT2D eigenvalue weighted by molar-refractivity contribution is -0.126. The number of fused-ring (bicyclic) bond motifs is 1. The summed E-state index contributed by atoms with van der Waals surface area (Å²) in [5, 5.41) is 0. The summed E-state index contributed by atoms with van der Waals surface area (Å²) in [6.07, 6.45) is 3.35. The number of hydrogen-bond donors (Lipinski definition) is 0. The van der Waals surface area contributed by atoms with Crippen molar-refractivity contribution < 1.29 is 9.59 Å². The fourth-order valence-electron chi connectivity index (χ4n) is 3.49. The molecule has 0 aliphatic heterocycles. The SMILES string of the molecule is C[C@@H]1CC[C@H]2[C@H](C(=O)[C@H](C)CCC1=O)C2(C)C. The second-order valence-electron chi connectivity index (χ2n) is 6.69. The Kier molecular flexibility index (Phi) is 3.17. The summed E-state index contributed by atoms with van der Waals surface area (Å²) in [4.78, 5) is 24.2. The maximum absolute atomic E-state index is 12.3. The van der Waals surface area contributed by atoms with Crippen molar-refractivity contribution in [3.63, 3.8) is 0 Å². The molecule has 0 radical (unpaired) electrons. The fourth-order valence-corrected chi connectivity index (χ4v) is 3.49. The fraction of sp³-hybridized carbons (Fsp3) is 0.867. The van der Waals surface area contributed by atoms with E-state index in [4.69, 9.17) is 0 Å². The van der Waals surface area contributed by atoms with E-state index in [1.54, 1.807) is 0 Å². The van der Waals surface area contributed by atoms with E-state index < -0.39 is 0 Å². The van der Waals surface area contributed by atoms with E-state index in [9.17, 15) is 9.59 Å². The first-order valence-corrected chi connectivity index (χ1v) is 6.92. The van der Waals surface area contributed by atoms with Gasteiger partial charge < -0.3 is 0 Å². The quantitative estimate of drug-likeness (QED) is 0.647. The average Bonchev–Trinajstić information content (AvgIpc) is 2.82. The van der Waals surface area contributed by atoms with Crippen LogP contribution in [0.4, 0.5) is 0 Å². The minimum absolute atomic E-state index is 0.0681. The van der Waals surface area contributed by atoms with Gasteiger partial charge in [-0.05, 0) is 30.6 Å². The normalized spacial score (nSPS) is 41.9. The van der Waals surface area contributed by atoms with Crippen molar-refractivity contribution >= 4 is 11.6 Å². The number of carbonyl (C=O) groups is 2. The molecule has 2 heteroatoms. The average molecular weight is 236 g/mol. The van der Waals surface area contributed by atoms with E-state index in [-0.39, 0.29) is 23.2 Å². The van der Waals surface area contributed by atoms with Crippen molar-refractivity contribution in [1.29, 1.82) is 0 Å². The maximum Gasteiger partial charge on any atom is 0.139 e. The molecule has 0 unspecified atom stereocenters. The van der Waals surface area contributed by atoms with E-state index in [0.717, 1.165) is 19.3 Å². The summed E-state index contributed by atoms with van der Waals surface area (Å²) in [6.45, 7) is 8.45. The van der Waals surface area contributed by atoms with Gasteiger partial charge in [0.1, 0.15) is 11.6 Å². The van der Waals surface area contributed by atoms with Gasteiger partial charge in [-0.25, -0.2) is 0 Å². The first-order valence-electron chi connectivity index (χ1n) is 6.92. The molecule has 0 aromatic rings. The van der Waals surface area contributed by atoms with Crippen molar-refractivity contribution in [3.05, 3.63) is 0 Å². The molecule has 2 fully saturated rings. The zero-order valence-electron chi connectivity index (χ0n) is 11.5. The molecule has 96 valence electrons. The molecule has 0 spiro atoms. The first kappa shape index (κ1) is 12.8. The second-order valence-corrected chi connectivity index (χ2v) is 6.69. The Morgan fingerprint density at radius 2 is 1.65 bits per heavy atom. The van der Waals surface area contributed by atoms with Gasteiger partial charge in [0.2, 0.25) is 0 Å². The molecule has 0 saturated heterocycles. The Hall–Kier alpha value is -0.660. The molecule has 0 bridgehead atoms. The third kappa shape index (κ3) is 2.19. The minimum atomic E-state index is 0.0681. The summed E-state index contributed by atoms with van der Waals surface area (Å²) >= 11 is 0. The monoisotopic (exact) mass is 236 g/mol. The summed E-state index contributed by atoms with van der Waals surface area (Å²) < 4.78 is 0. The van der Waals surface area contributed by atoms with Crippen LogP contribution >= 0.6 is 0 Å². The van der Waals surface area contributed by atoms with Gasteiger partial charge in [-0.15, -0.1) is 0 Å². The number of Topliss-reactive ketones (excluding diaryl/α,β-unsaturated/α-hetero) is 2. The molecule has 0 heterocycles. The summed E-state index contributed by atoms with van der Waals surface area (Å²) in [7, 11) is 0. The van der Waals surface area contributed by atoms with E-state index in [1.165, 1.54) is 0 Å². The zero-order valence-corrected chi connectivity index (χ0v) is 11.5. The van der Waals surface area contributed by atoms with E-state index in [2.05, 4.69) is 13.8 Å². The highest BCUT2D eigenvalue weighted by molar-refractivity contribution is 5.88. The molecule has 2 nitrogen and oxygen atoms in total. The van der Waals surface area contributed by atoms with Gasteiger partial charge in [0.15, 0.2) is 0 Å². The molecule has 17 heavy (non-hydrogen) atoms. The Bertz CT molecular complexity index is 343. The van der Waals surface area contributed by atoms with Crippen LogP contribution in [0.2, 0.25) is 0 Å². The third-order valence-corrected chi connectivity index (χ3v) is 5.13. The van der Waals surface area contributed by atoms with Crippen LogP contribution in [0.15, 0.2) is 0 Å². The van der Waals surface area contributed by atoms with Gasteiger partial charge in [0, 0.05) is 24.2 Å². The molecule has 0 aromatic heterocycles. The zero-order chi connectivity index (χ0) is 12.8. The molecule has 0 amide bonds. The van der Waals surface area contributed by atoms with Gasteiger partial charge in [-0.3, -0.25) is 9.59 Å². The Labute approximate surface area is 104 Å². The molecular formula is C15H24O2. The third-order valence-electron chi connectivity index (χ3n) is 5.13. The van der Waals surface area contributed by atoms with Crippen LogP contribution in [0.5, 0.6) is 0 Å². The first-order chi connectivity index (χ1) is 7.85. The predicted molar refractivity (Wildman–Crippen MR) is 67.6 cm³/mol. The number of ketones is 2. The minimum Gasteiger partial charge on any atom is -0.299 e. The molecule has 4 atom stereocenters. The smallest absolute Gasteiger partial charge is 0.139 e. The molecule has 2 aliphatic carbocycles. The lowest BCUT2D eigenvalue weighted by Gasteiger charge is -2.15. The summed E-state index contributed by atoms with van der Waals surface area (Å²) in [5.41, 5.74) is 0.179. The molecule has 0 N–H and O–H groups in total. The number of hydrogen-bond acceptors (Lipinski definition) is 2. The van der Waals surface area contributed by atoms with Crippen LogP contribution in [0.3, 0.4) is 0 Å². The Balaban J connectivity index is 2.14. The van der Waals surface area contributed by atoms with Gasteiger partial charge in [0.05, 0.1) is 0 Å². The summed E-state index contributed by atoms with van der Waals surface area (Å²) in [5.74, 6) is 1.79. The largest absolute Gasteiger partial charge is 0.299 e. The van der Waals surface area contributed by atoms with E-state index in [1.807, 2.05) is 13.8 Å². The van der Waals surface area contributed by atoms with Crippen LogP contribution in [0.25, 0.3) is 0 Å². The van der Waals surface area contributed by atoms with E-state index in [0.29, 0.717) is 23.9 Å². The van der Waals surface area contributed by atoms with Crippen LogP contribution in [-0.4, -0.2) is 11.6 Å².